The van der Waals surface area contributed by atoms with Gasteiger partial charge in [-0.15, -0.1) is 0 Å². The summed E-state index contributed by atoms with van der Waals surface area (Å²) >= 11 is 0. The number of dihydropyridines is 1. The van der Waals surface area contributed by atoms with E-state index in [1.54, 1.807) is 47.6 Å². The van der Waals surface area contributed by atoms with Crippen LogP contribution in [-0.4, -0.2) is 62.3 Å². The van der Waals surface area contributed by atoms with E-state index in [1.165, 1.54) is 6.08 Å². The Bertz CT molecular complexity index is 1080. The topological polar surface area (TPSA) is 94.2 Å². The zero-order valence-corrected chi connectivity index (χ0v) is 22.6. The van der Waals surface area contributed by atoms with Crippen LogP contribution in [0.3, 0.4) is 0 Å². The first-order valence-corrected chi connectivity index (χ1v) is 12.1. The molecule has 0 amide bonds. The van der Waals surface area contributed by atoms with Gasteiger partial charge < -0.3 is 24.4 Å². The van der Waals surface area contributed by atoms with Crippen molar-refractivity contribution in [1.29, 1.82) is 0 Å². The monoisotopic (exact) mass is 498 g/mol. The van der Waals surface area contributed by atoms with Gasteiger partial charge in [0.05, 0.1) is 30.3 Å². The van der Waals surface area contributed by atoms with Gasteiger partial charge >= 0.3 is 17.9 Å². The quantitative estimate of drug-likeness (QED) is 0.311. The molecule has 0 spiro atoms. The van der Waals surface area contributed by atoms with Gasteiger partial charge in [-0.25, -0.2) is 14.4 Å². The molecule has 1 aromatic rings. The number of allylic oxidation sites excluding steroid dienone is 1. The Kier molecular flexibility index (Phi) is 10.0. The van der Waals surface area contributed by atoms with Gasteiger partial charge in [0, 0.05) is 24.0 Å². The summed E-state index contributed by atoms with van der Waals surface area (Å²) in [7, 11) is 3.79. The number of carbonyl (C=O) groups is 3. The Labute approximate surface area is 214 Å². The number of carbonyl (C=O) groups excluding carboxylic acids is 3. The summed E-state index contributed by atoms with van der Waals surface area (Å²) in [6, 6.07) is 7.32. The van der Waals surface area contributed by atoms with Gasteiger partial charge in [-0.3, -0.25) is 0 Å². The van der Waals surface area contributed by atoms with Crippen molar-refractivity contribution >= 4 is 24.0 Å². The van der Waals surface area contributed by atoms with Gasteiger partial charge in [-0.1, -0.05) is 24.3 Å². The van der Waals surface area contributed by atoms with E-state index < -0.39 is 29.4 Å². The number of nitrogens with zero attached hydrogens (tertiary/aromatic N) is 1. The molecule has 1 aromatic carbocycles. The second-order valence-electron chi connectivity index (χ2n) is 9.66. The van der Waals surface area contributed by atoms with E-state index in [0.29, 0.717) is 40.2 Å². The lowest BCUT2D eigenvalue weighted by Gasteiger charge is -2.33. The van der Waals surface area contributed by atoms with E-state index >= 15 is 0 Å². The third kappa shape index (κ3) is 7.55. The molecule has 0 saturated heterocycles. The molecule has 1 atom stereocenters. The maximum atomic E-state index is 13.3. The lowest BCUT2D eigenvalue weighted by atomic mass is 9.78. The van der Waals surface area contributed by atoms with Crippen LogP contribution in [-0.2, 0) is 28.6 Å². The van der Waals surface area contributed by atoms with Gasteiger partial charge in [0.1, 0.15) is 5.60 Å². The SMILES string of the molecule is CCOC(=O)C1=C(C)NC(CN(C)C)=C(C(=O)OCC)[C@@H]1c1ccccc1/C=C/C(=O)OC(C)(C)C. The van der Waals surface area contributed by atoms with Crippen LogP contribution in [0.2, 0.25) is 0 Å². The molecule has 0 bridgehead atoms. The standard InChI is InChI=1S/C28H38N2O6/c1-9-34-26(32)23-18(3)29-21(17-30(7)8)25(27(33)35-10-2)24(23)20-14-12-11-13-19(20)15-16-22(31)36-28(4,5)6/h11-16,24,29H,9-10,17H2,1-8H3/b16-15+/t24-/m1/s1. The molecule has 8 nitrogen and oxygen atoms in total. The van der Waals surface area contributed by atoms with Crippen molar-refractivity contribution in [1.82, 2.24) is 10.2 Å². The lowest BCUT2D eigenvalue weighted by Crippen LogP contribution is -2.37. The number of esters is 3. The van der Waals surface area contributed by atoms with Gasteiger partial charge in [0.15, 0.2) is 0 Å². The Morgan fingerprint density at radius 1 is 1.00 bits per heavy atom. The first-order chi connectivity index (χ1) is 16.9. The van der Waals surface area contributed by atoms with Crippen LogP contribution in [0.4, 0.5) is 0 Å². The zero-order chi connectivity index (χ0) is 27.0. The second-order valence-corrected chi connectivity index (χ2v) is 9.66. The van der Waals surface area contributed by atoms with Crippen LogP contribution in [0.25, 0.3) is 6.08 Å². The minimum atomic E-state index is -0.765. The molecule has 0 saturated carbocycles. The van der Waals surface area contributed by atoms with Crippen LogP contribution >= 0.6 is 0 Å². The molecule has 0 fully saturated rings. The molecule has 8 heteroatoms. The van der Waals surface area contributed by atoms with Crippen LogP contribution in [0.1, 0.15) is 58.6 Å². The van der Waals surface area contributed by atoms with Gasteiger partial charge in [-0.05, 0) is 72.8 Å². The van der Waals surface area contributed by atoms with Crippen molar-refractivity contribution < 1.29 is 28.6 Å². The number of nitrogens with one attached hydrogen (secondary N) is 1. The fourth-order valence-electron chi connectivity index (χ4n) is 4.00. The maximum absolute atomic E-state index is 13.3. The Morgan fingerprint density at radius 2 is 1.58 bits per heavy atom. The molecule has 1 N–H and O–H groups in total. The molecular weight excluding hydrogens is 460 g/mol. The Hall–Kier alpha value is -3.39. The predicted molar refractivity (Wildman–Crippen MR) is 139 cm³/mol. The highest BCUT2D eigenvalue weighted by atomic mass is 16.6. The fourth-order valence-corrected chi connectivity index (χ4v) is 4.00. The number of hydrogen-bond acceptors (Lipinski definition) is 8. The predicted octanol–water partition coefficient (Wildman–Crippen LogP) is 3.94. The largest absolute Gasteiger partial charge is 0.463 e. The van der Waals surface area contributed by atoms with Crippen molar-refractivity contribution in [3.8, 4) is 0 Å². The van der Waals surface area contributed by atoms with Crippen LogP contribution in [0.5, 0.6) is 0 Å². The fraction of sp³-hybridized carbons (Fsp3) is 0.464. The summed E-state index contributed by atoms with van der Waals surface area (Å²) in [5, 5.41) is 3.25. The van der Waals surface area contributed by atoms with E-state index in [0.717, 1.165) is 0 Å². The first-order valence-electron chi connectivity index (χ1n) is 12.1. The number of likely N-dealkylation sites (N-methyl/N-ethyl adjacent to an activating group) is 1. The van der Waals surface area contributed by atoms with Gasteiger partial charge in [-0.2, -0.15) is 0 Å². The van der Waals surface area contributed by atoms with Crippen molar-refractivity contribution in [3.63, 3.8) is 0 Å². The molecule has 0 aliphatic carbocycles. The normalized spacial score (nSPS) is 16.3. The molecule has 0 unspecified atom stereocenters. The zero-order valence-electron chi connectivity index (χ0n) is 22.6. The average Bonchev–Trinajstić information content (AvgIpc) is 2.76. The minimum Gasteiger partial charge on any atom is -0.463 e. The van der Waals surface area contributed by atoms with E-state index in [2.05, 4.69) is 5.32 Å². The van der Waals surface area contributed by atoms with Crippen LogP contribution in [0.15, 0.2) is 52.9 Å². The molecule has 196 valence electrons. The highest BCUT2D eigenvalue weighted by Gasteiger charge is 2.39. The highest BCUT2D eigenvalue weighted by molar-refractivity contribution is 6.00. The van der Waals surface area contributed by atoms with Gasteiger partial charge in [0.25, 0.3) is 0 Å². The lowest BCUT2D eigenvalue weighted by molar-refractivity contribution is -0.148. The highest BCUT2D eigenvalue weighted by Crippen LogP contribution is 2.41. The average molecular weight is 499 g/mol. The van der Waals surface area contributed by atoms with E-state index in [4.69, 9.17) is 14.2 Å². The summed E-state index contributed by atoms with van der Waals surface area (Å²) < 4.78 is 16.2. The van der Waals surface area contributed by atoms with Crippen molar-refractivity contribution in [2.24, 2.45) is 0 Å². The molecule has 0 aromatic heterocycles. The first kappa shape index (κ1) is 28.8. The summed E-state index contributed by atoms with van der Waals surface area (Å²) in [5.74, 6) is -2.30. The molecule has 1 aliphatic heterocycles. The minimum absolute atomic E-state index is 0.182. The van der Waals surface area contributed by atoms with Crippen molar-refractivity contribution in [2.45, 2.75) is 53.1 Å². The second kappa shape index (κ2) is 12.5. The van der Waals surface area contributed by atoms with Crippen LogP contribution < -0.4 is 5.32 Å². The summed E-state index contributed by atoms with van der Waals surface area (Å²) in [6.07, 6.45) is 2.98. The molecule has 1 aliphatic rings. The number of benzene rings is 1. The van der Waals surface area contributed by atoms with E-state index in [1.807, 2.05) is 43.3 Å². The van der Waals surface area contributed by atoms with E-state index in [9.17, 15) is 14.4 Å². The molecule has 0 radical (unpaired) electrons. The molecule has 2 rings (SSSR count). The van der Waals surface area contributed by atoms with Crippen LogP contribution in [0, 0.1) is 0 Å². The molecule has 36 heavy (non-hydrogen) atoms. The summed E-state index contributed by atoms with van der Waals surface area (Å²) in [5.41, 5.74) is 2.58. The molecule has 1 heterocycles. The third-order valence-electron chi connectivity index (χ3n) is 5.22. The smallest absolute Gasteiger partial charge is 0.336 e. The third-order valence-corrected chi connectivity index (χ3v) is 5.22. The number of rotatable bonds is 9. The van der Waals surface area contributed by atoms with Crippen molar-refractivity contribution in [3.05, 3.63) is 64.0 Å². The molecular formula is C28H38N2O6. The summed E-state index contributed by atoms with van der Waals surface area (Å²) in [6.45, 7) is 11.4. The summed E-state index contributed by atoms with van der Waals surface area (Å²) in [4.78, 5) is 40.8. The number of ether oxygens (including phenoxy) is 3. The number of hydrogen-bond donors (Lipinski definition) is 1. The van der Waals surface area contributed by atoms with Gasteiger partial charge in [0.2, 0.25) is 0 Å². The Morgan fingerprint density at radius 3 is 2.14 bits per heavy atom. The Balaban J connectivity index is 2.75. The van der Waals surface area contributed by atoms with Crippen molar-refractivity contribution in [2.75, 3.05) is 33.9 Å². The maximum Gasteiger partial charge on any atom is 0.336 e. The van der Waals surface area contributed by atoms with E-state index in [-0.39, 0.29) is 13.2 Å².